The molecule has 0 saturated heterocycles. The van der Waals surface area contributed by atoms with Gasteiger partial charge in [0.25, 0.3) is 0 Å². The Morgan fingerprint density at radius 1 is 1.43 bits per heavy atom. The van der Waals surface area contributed by atoms with E-state index in [0.717, 1.165) is 24.9 Å². The molecule has 0 fully saturated rings. The maximum absolute atomic E-state index is 14.1. The number of anilines is 1. The van der Waals surface area contributed by atoms with Crippen molar-refractivity contribution in [3.8, 4) is 0 Å². The highest BCUT2D eigenvalue weighted by Crippen LogP contribution is 2.30. The van der Waals surface area contributed by atoms with Crippen molar-refractivity contribution in [2.75, 3.05) is 11.4 Å². The molecule has 0 radical (unpaired) electrons. The van der Waals surface area contributed by atoms with E-state index in [1.54, 1.807) is 22.4 Å². The Hall–Kier alpha value is -1.73. The first-order valence-corrected chi connectivity index (χ1v) is 7.28. The molecule has 0 aliphatic carbocycles. The van der Waals surface area contributed by atoms with Crippen LogP contribution in [-0.2, 0) is 26.7 Å². The lowest BCUT2D eigenvalue weighted by Gasteiger charge is -2.31. The zero-order chi connectivity index (χ0) is 15.0. The van der Waals surface area contributed by atoms with Crippen LogP contribution in [0.15, 0.2) is 18.2 Å². The van der Waals surface area contributed by atoms with Gasteiger partial charge < -0.3 is 14.6 Å². The number of nitrogens with zero attached hydrogens (tertiary/aromatic N) is 4. The fourth-order valence-corrected chi connectivity index (χ4v) is 2.96. The van der Waals surface area contributed by atoms with Gasteiger partial charge in [-0.3, -0.25) is 0 Å². The average Bonchev–Trinajstić information content (AvgIpc) is 2.75. The Morgan fingerprint density at radius 2 is 2.24 bits per heavy atom. The highest BCUT2D eigenvalue weighted by molar-refractivity contribution is 7.71. The molecule has 112 valence electrons. The van der Waals surface area contributed by atoms with Crippen molar-refractivity contribution >= 4 is 17.9 Å². The molecule has 2 heterocycles. The number of para-hydroxylation sites is 1. The minimum absolute atomic E-state index is 0.169. The molecule has 7 heteroatoms. The molecule has 2 aromatic rings. The van der Waals surface area contributed by atoms with Crippen LogP contribution in [-0.4, -0.2) is 26.0 Å². The van der Waals surface area contributed by atoms with E-state index in [4.69, 9.17) is 12.2 Å². The molecular weight excluding hydrogens is 291 g/mol. The van der Waals surface area contributed by atoms with Gasteiger partial charge in [-0.05, 0) is 36.7 Å². The smallest absolute Gasteiger partial charge is 0.199 e. The number of aliphatic hydroxyl groups is 1. The summed E-state index contributed by atoms with van der Waals surface area (Å²) in [4.78, 5) is 1.96. The quantitative estimate of drug-likeness (QED) is 0.881. The largest absolute Gasteiger partial charge is 0.388 e. The Kier molecular flexibility index (Phi) is 3.77. The second kappa shape index (κ2) is 5.57. The molecule has 5 nitrogen and oxygen atoms in total. The lowest BCUT2D eigenvalue weighted by Crippen LogP contribution is -2.33. The number of halogens is 1. The van der Waals surface area contributed by atoms with E-state index in [9.17, 15) is 9.50 Å². The van der Waals surface area contributed by atoms with Crippen molar-refractivity contribution in [1.82, 2.24) is 14.3 Å². The fourth-order valence-electron chi connectivity index (χ4n) is 2.75. The lowest BCUT2D eigenvalue weighted by molar-refractivity contribution is 0.265. The van der Waals surface area contributed by atoms with Crippen LogP contribution in [0.2, 0.25) is 0 Å². The zero-order valence-electron chi connectivity index (χ0n) is 11.8. The van der Waals surface area contributed by atoms with E-state index in [2.05, 4.69) is 5.10 Å². The molecule has 0 atom stereocenters. The van der Waals surface area contributed by atoms with Crippen LogP contribution in [0.25, 0.3) is 0 Å². The second-order valence-corrected chi connectivity index (χ2v) is 5.54. The normalized spacial score (nSPS) is 14.3. The molecule has 0 saturated carbocycles. The third kappa shape index (κ3) is 2.47. The van der Waals surface area contributed by atoms with Crippen molar-refractivity contribution in [3.63, 3.8) is 0 Å². The van der Waals surface area contributed by atoms with Gasteiger partial charge in [0.15, 0.2) is 10.6 Å². The number of benzene rings is 1. The minimum atomic E-state index is -0.211. The molecule has 1 aliphatic heterocycles. The van der Waals surface area contributed by atoms with E-state index in [1.807, 2.05) is 11.0 Å². The summed E-state index contributed by atoms with van der Waals surface area (Å²) >= 11 is 5.31. The third-order valence-electron chi connectivity index (χ3n) is 3.84. The van der Waals surface area contributed by atoms with Gasteiger partial charge in [-0.15, -0.1) is 0 Å². The van der Waals surface area contributed by atoms with Gasteiger partial charge in [0.05, 0.1) is 5.69 Å². The third-order valence-corrected chi connectivity index (χ3v) is 4.32. The van der Waals surface area contributed by atoms with E-state index in [1.165, 1.54) is 6.07 Å². The van der Waals surface area contributed by atoms with Crippen LogP contribution in [0, 0.1) is 10.6 Å². The number of aryl methyl sites for hydroxylation is 1. The van der Waals surface area contributed by atoms with Gasteiger partial charge in [0, 0.05) is 13.6 Å². The summed E-state index contributed by atoms with van der Waals surface area (Å²) in [6.45, 7) is 0.986. The predicted octanol–water partition coefficient (Wildman–Crippen LogP) is 1.99. The molecule has 21 heavy (non-hydrogen) atoms. The van der Waals surface area contributed by atoms with Crippen molar-refractivity contribution in [1.29, 1.82) is 0 Å². The Labute approximate surface area is 127 Å². The summed E-state index contributed by atoms with van der Waals surface area (Å²) < 4.78 is 17.9. The van der Waals surface area contributed by atoms with Crippen molar-refractivity contribution in [2.24, 2.45) is 7.05 Å². The van der Waals surface area contributed by atoms with E-state index in [0.29, 0.717) is 23.0 Å². The molecule has 1 N–H and O–H groups in total. The summed E-state index contributed by atoms with van der Waals surface area (Å²) in [7, 11) is 1.77. The maximum atomic E-state index is 14.1. The first kappa shape index (κ1) is 14.2. The Morgan fingerprint density at radius 3 is 2.95 bits per heavy atom. The van der Waals surface area contributed by atoms with E-state index >= 15 is 0 Å². The maximum Gasteiger partial charge on any atom is 0.199 e. The highest BCUT2D eigenvalue weighted by Gasteiger charge is 2.21. The van der Waals surface area contributed by atoms with Crippen LogP contribution in [0.4, 0.5) is 10.1 Å². The zero-order valence-corrected chi connectivity index (χ0v) is 12.6. The van der Waals surface area contributed by atoms with Crippen LogP contribution in [0.3, 0.4) is 0 Å². The van der Waals surface area contributed by atoms with Gasteiger partial charge >= 0.3 is 0 Å². The van der Waals surface area contributed by atoms with Crippen LogP contribution in [0.5, 0.6) is 0 Å². The first-order valence-electron chi connectivity index (χ1n) is 6.87. The summed E-state index contributed by atoms with van der Waals surface area (Å²) in [6.07, 6.45) is 1.86. The van der Waals surface area contributed by atoms with Gasteiger partial charge in [0.1, 0.15) is 19.1 Å². The number of aromatic nitrogens is 3. The minimum Gasteiger partial charge on any atom is -0.388 e. The summed E-state index contributed by atoms with van der Waals surface area (Å²) in [5.41, 5.74) is 1.66. The summed E-state index contributed by atoms with van der Waals surface area (Å²) in [6, 6.07) is 5.18. The SMILES string of the molecule is Cn1c(CO)nn(CN2CCCc3cccc(F)c32)c1=S. The van der Waals surface area contributed by atoms with E-state index < -0.39 is 0 Å². The van der Waals surface area contributed by atoms with Crippen molar-refractivity contribution in [2.45, 2.75) is 26.1 Å². The number of hydrogen-bond donors (Lipinski definition) is 1. The van der Waals surface area contributed by atoms with Gasteiger partial charge in [-0.2, -0.15) is 5.10 Å². The number of hydrogen-bond acceptors (Lipinski definition) is 4. The molecule has 0 unspecified atom stereocenters. The van der Waals surface area contributed by atoms with Gasteiger partial charge in [-0.1, -0.05) is 12.1 Å². The Bertz CT molecular complexity index is 724. The topological polar surface area (TPSA) is 46.2 Å². The highest BCUT2D eigenvalue weighted by atomic mass is 32.1. The fraction of sp³-hybridized carbons (Fsp3) is 0.429. The molecule has 0 spiro atoms. The van der Waals surface area contributed by atoms with Crippen LogP contribution in [0.1, 0.15) is 17.8 Å². The van der Waals surface area contributed by atoms with Crippen LogP contribution < -0.4 is 4.90 Å². The molecule has 3 rings (SSSR count). The van der Waals surface area contributed by atoms with Gasteiger partial charge in [-0.25, -0.2) is 9.07 Å². The Balaban J connectivity index is 1.96. The monoisotopic (exact) mass is 308 g/mol. The van der Waals surface area contributed by atoms with Gasteiger partial charge in [0.2, 0.25) is 0 Å². The van der Waals surface area contributed by atoms with E-state index in [-0.39, 0.29) is 12.4 Å². The van der Waals surface area contributed by atoms with Crippen molar-refractivity contribution in [3.05, 3.63) is 40.2 Å². The number of aliphatic hydroxyl groups excluding tert-OH is 1. The average molecular weight is 308 g/mol. The molecular formula is C14H17FN4OS. The molecule has 1 aromatic carbocycles. The van der Waals surface area contributed by atoms with Crippen molar-refractivity contribution < 1.29 is 9.50 Å². The summed E-state index contributed by atoms with van der Waals surface area (Å²) in [5, 5.41) is 13.5. The molecule has 1 aromatic heterocycles. The van der Waals surface area contributed by atoms with Crippen LogP contribution >= 0.6 is 12.2 Å². The molecule has 1 aliphatic rings. The standard InChI is InChI=1S/C14H17FN4OS/c1-17-12(8-20)16-19(14(17)21)9-18-7-3-5-10-4-2-6-11(15)13(10)18/h2,4,6,20H,3,5,7-9H2,1H3. The molecule has 0 amide bonds. The summed E-state index contributed by atoms with van der Waals surface area (Å²) in [5.74, 6) is 0.294. The molecule has 0 bridgehead atoms. The second-order valence-electron chi connectivity index (χ2n) is 5.17. The first-order chi connectivity index (χ1) is 10.1. The number of fused-ring (bicyclic) bond motifs is 1. The lowest BCUT2D eigenvalue weighted by atomic mass is 10.0. The predicted molar refractivity (Wildman–Crippen MR) is 80.0 cm³/mol. The number of rotatable bonds is 3.